The highest BCUT2D eigenvalue weighted by Crippen LogP contribution is 2.53. The van der Waals surface area contributed by atoms with Crippen LogP contribution in [0.1, 0.15) is 89.1 Å². The lowest BCUT2D eigenvalue weighted by atomic mass is 10.0. The van der Waals surface area contributed by atoms with Crippen molar-refractivity contribution in [3.05, 3.63) is 59.7 Å². The number of anilines is 1. The van der Waals surface area contributed by atoms with E-state index in [-0.39, 0.29) is 49.7 Å². The Morgan fingerprint density at radius 1 is 1.06 bits per heavy atom. The molecule has 2 heterocycles. The highest BCUT2D eigenvalue weighted by molar-refractivity contribution is 8.01. The van der Waals surface area contributed by atoms with Crippen LogP contribution in [0.2, 0.25) is 0 Å². The molecule has 5 rings (SSSR count). The van der Waals surface area contributed by atoms with E-state index >= 15 is 0 Å². The van der Waals surface area contributed by atoms with E-state index in [1.54, 1.807) is 21.6 Å². The summed E-state index contributed by atoms with van der Waals surface area (Å²) in [5, 5.41) is 2.79. The minimum Gasteiger partial charge on any atom is -0.445 e. The van der Waals surface area contributed by atoms with Crippen molar-refractivity contribution in [3.8, 4) is 0 Å². The Bertz CT molecular complexity index is 1450. The Kier molecular flexibility index (Phi) is 10.7. The lowest BCUT2D eigenvalue weighted by molar-refractivity contribution is -0.121. The average Bonchev–Trinajstić information content (AvgIpc) is 3.50. The molecular weight excluding hydrogens is 616 g/mol. The summed E-state index contributed by atoms with van der Waals surface area (Å²) in [7, 11) is 0. The zero-order chi connectivity index (χ0) is 33.8. The molecule has 1 N–H and O–H groups in total. The van der Waals surface area contributed by atoms with Crippen LogP contribution in [0.4, 0.5) is 15.3 Å². The van der Waals surface area contributed by atoms with Gasteiger partial charge in [0.1, 0.15) is 12.2 Å². The van der Waals surface area contributed by atoms with E-state index in [4.69, 9.17) is 9.47 Å². The molecule has 0 bridgehead atoms. The molecule has 11 heteroatoms. The summed E-state index contributed by atoms with van der Waals surface area (Å²) in [4.78, 5) is 59.9. The van der Waals surface area contributed by atoms with Crippen LogP contribution in [0.3, 0.4) is 0 Å². The van der Waals surface area contributed by atoms with Crippen molar-refractivity contribution < 1.29 is 28.7 Å². The van der Waals surface area contributed by atoms with E-state index in [1.165, 1.54) is 0 Å². The van der Waals surface area contributed by atoms with Gasteiger partial charge in [0.15, 0.2) is 0 Å². The van der Waals surface area contributed by atoms with Gasteiger partial charge in [-0.05, 0) is 84.1 Å². The van der Waals surface area contributed by atoms with Gasteiger partial charge in [-0.25, -0.2) is 9.59 Å². The van der Waals surface area contributed by atoms with Crippen LogP contribution in [-0.4, -0.2) is 82.4 Å². The zero-order valence-corrected chi connectivity index (χ0v) is 29.1. The second-order valence-electron chi connectivity index (χ2n) is 14.0. The number of fused-ring (bicyclic) bond motifs is 1. The van der Waals surface area contributed by atoms with E-state index in [0.29, 0.717) is 24.3 Å². The molecule has 0 aromatic heterocycles. The predicted molar refractivity (Wildman–Crippen MR) is 183 cm³/mol. The molecule has 47 heavy (non-hydrogen) atoms. The van der Waals surface area contributed by atoms with Crippen molar-refractivity contribution in [1.29, 1.82) is 0 Å². The van der Waals surface area contributed by atoms with Crippen molar-refractivity contribution in [2.75, 3.05) is 31.1 Å². The third-order valence-electron chi connectivity index (χ3n) is 8.90. The number of carbonyl (C=O) groups is 4. The van der Waals surface area contributed by atoms with Crippen LogP contribution < -0.4 is 10.2 Å². The molecule has 10 nitrogen and oxygen atoms in total. The molecule has 0 unspecified atom stereocenters. The second-order valence-corrected chi connectivity index (χ2v) is 15.4. The highest BCUT2D eigenvalue weighted by Gasteiger charge is 2.49. The molecule has 1 spiro atoms. The number of ether oxygens (including phenoxy) is 2. The van der Waals surface area contributed by atoms with Gasteiger partial charge in [-0.2, -0.15) is 0 Å². The number of benzene rings is 2. The van der Waals surface area contributed by atoms with E-state index in [9.17, 15) is 19.2 Å². The lowest BCUT2D eigenvalue weighted by Crippen LogP contribution is -2.54. The first kappa shape index (κ1) is 34.6. The predicted octanol–water partition coefficient (Wildman–Crippen LogP) is 6.61. The molecule has 3 aliphatic rings. The van der Waals surface area contributed by atoms with Gasteiger partial charge in [0, 0.05) is 42.7 Å². The number of carbonyl (C=O) groups excluding carboxylic acids is 4. The number of hydrogen-bond acceptors (Lipinski definition) is 7. The van der Waals surface area contributed by atoms with Crippen LogP contribution in [0.15, 0.2) is 53.4 Å². The molecule has 254 valence electrons. The van der Waals surface area contributed by atoms with E-state index in [0.717, 1.165) is 49.0 Å². The number of likely N-dealkylation sites (tertiary alicyclic amines) is 1. The maximum absolute atomic E-state index is 14.2. The molecule has 1 saturated heterocycles. The SMILES string of the molecule is CC(C)N(C(=O)c1ccc2c(c1)N(CCNC(=O)OCc1ccccc1)C(=O)C1(CCCC1)S2)[C@@H]1CCCN(C(=O)OC(C)(C)C)C1. The van der Waals surface area contributed by atoms with Crippen molar-refractivity contribution in [3.63, 3.8) is 0 Å². The van der Waals surface area contributed by atoms with Crippen LogP contribution in [0.25, 0.3) is 0 Å². The van der Waals surface area contributed by atoms with Gasteiger partial charge >= 0.3 is 12.2 Å². The molecule has 2 aliphatic heterocycles. The summed E-state index contributed by atoms with van der Waals surface area (Å²) in [6.07, 6.45) is 4.23. The van der Waals surface area contributed by atoms with Crippen molar-refractivity contribution in [1.82, 2.24) is 15.1 Å². The number of rotatable bonds is 8. The molecule has 1 saturated carbocycles. The molecular formula is C36H48N4O6S. The third kappa shape index (κ3) is 8.23. The first-order valence-electron chi connectivity index (χ1n) is 16.8. The maximum atomic E-state index is 14.2. The number of hydrogen-bond donors (Lipinski definition) is 1. The standard InChI is InChI=1S/C36H48N4O6S/c1-25(2)40(28-14-11-20-38(23-28)34(44)46-35(3,4)5)31(41)27-15-16-30-29(22-27)39(32(42)36(47-30)17-9-10-18-36)21-19-37-33(43)45-24-26-12-7-6-8-13-26/h6-8,12-13,15-16,22,25,28H,9-11,14,17-21,23-24H2,1-5H3,(H,37,43)/t28-/m1/s1. The molecule has 2 aromatic carbocycles. The zero-order valence-electron chi connectivity index (χ0n) is 28.3. The summed E-state index contributed by atoms with van der Waals surface area (Å²) in [5.41, 5.74) is 1.46. The summed E-state index contributed by atoms with van der Waals surface area (Å²) in [6.45, 7) is 11.1. The molecule has 1 atom stereocenters. The van der Waals surface area contributed by atoms with Gasteiger partial charge in [0.05, 0.1) is 16.5 Å². The van der Waals surface area contributed by atoms with Gasteiger partial charge in [-0.3, -0.25) is 9.59 Å². The first-order valence-corrected chi connectivity index (χ1v) is 17.6. The molecule has 0 radical (unpaired) electrons. The van der Waals surface area contributed by atoms with Gasteiger partial charge < -0.3 is 29.5 Å². The minimum atomic E-state index is -0.600. The number of alkyl carbamates (subject to hydrolysis) is 1. The van der Waals surface area contributed by atoms with Gasteiger partial charge in [0.2, 0.25) is 5.91 Å². The van der Waals surface area contributed by atoms with Crippen LogP contribution in [-0.2, 0) is 20.9 Å². The van der Waals surface area contributed by atoms with Gasteiger partial charge in [-0.1, -0.05) is 43.2 Å². The maximum Gasteiger partial charge on any atom is 0.410 e. The highest BCUT2D eigenvalue weighted by atomic mass is 32.2. The van der Waals surface area contributed by atoms with Crippen molar-refractivity contribution >= 4 is 41.5 Å². The molecule has 4 amide bonds. The monoisotopic (exact) mass is 664 g/mol. The van der Waals surface area contributed by atoms with Crippen LogP contribution in [0.5, 0.6) is 0 Å². The quantitative estimate of drug-likeness (QED) is 0.338. The molecule has 2 fully saturated rings. The lowest BCUT2D eigenvalue weighted by Gasteiger charge is -2.42. The number of thioether (sulfide) groups is 1. The third-order valence-corrected chi connectivity index (χ3v) is 10.4. The number of piperidine rings is 1. The second kappa shape index (κ2) is 14.6. The fourth-order valence-corrected chi connectivity index (χ4v) is 8.25. The topological polar surface area (TPSA) is 108 Å². The van der Waals surface area contributed by atoms with E-state index in [1.807, 2.05) is 88.0 Å². The molecule has 1 aliphatic carbocycles. The Labute approximate surface area is 282 Å². The Morgan fingerprint density at radius 3 is 2.47 bits per heavy atom. The Balaban J connectivity index is 1.32. The van der Waals surface area contributed by atoms with E-state index in [2.05, 4.69) is 5.32 Å². The average molecular weight is 665 g/mol. The van der Waals surface area contributed by atoms with Gasteiger partial charge in [-0.15, -0.1) is 11.8 Å². The molecule has 2 aromatic rings. The largest absolute Gasteiger partial charge is 0.445 e. The first-order chi connectivity index (χ1) is 22.4. The van der Waals surface area contributed by atoms with Crippen molar-refractivity contribution in [2.45, 2.75) is 107 Å². The van der Waals surface area contributed by atoms with E-state index < -0.39 is 16.4 Å². The van der Waals surface area contributed by atoms with Crippen LogP contribution in [0, 0.1) is 0 Å². The smallest absolute Gasteiger partial charge is 0.410 e. The Morgan fingerprint density at radius 2 is 1.79 bits per heavy atom. The summed E-state index contributed by atoms with van der Waals surface area (Å²) >= 11 is 1.61. The summed E-state index contributed by atoms with van der Waals surface area (Å²) in [6, 6.07) is 14.8. The normalized spacial score (nSPS) is 19.0. The fraction of sp³-hybridized carbons (Fsp3) is 0.556. The summed E-state index contributed by atoms with van der Waals surface area (Å²) < 4.78 is 10.5. The van der Waals surface area contributed by atoms with Gasteiger partial charge in [0.25, 0.3) is 5.91 Å². The number of nitrogens with one attached hydrogen (secondary N) is 1. The number of amides is 4. The number of nitrogens with zero attached hydrogens (tertiary/aromatic N) is 3. The summed E-state index contributed by atoms with van der Waals surface area (Å²) in [5.74, 6) is -0.113. The Hall–Kier alpha value is -3.73. The minimum absolute atomic E-state index is 0.0255. The van der Waals surface area contributed by atoms with Crippen LogP contribution >= 0.6 is 11.8 Å². The fourth-order valence-electron chi connectivity index (χ4n) is 6.73. The van der Waals surface area contributed by atoms with Crippen molar-refractivity contribution in [2.24, 2.45) is 0 Å².